The SMILES string of the molecule is CCOC(=O)N1CCC(NCCC(CNC(=O)Nc2ccc(F)c(F)c2)c2ccc(Cl)c(Cl)c2)CC1. The van der Waals surface area contributed by atoms with Crippen LogP contribution in [-0.2, 0) is 4.74 Å². The molecular formula is C25H30Cl2F2N4O3. The molecule has 1 aliphatic heterocycles. The second-order valence-corrected chi connectivity index (χ2v) is 9.35. The summed E-state index contributed by atoms with van der Waals surface area (Å²) in [5.41, 5.74) is 1.06. The van der Waals surface area contributed by atoms with Crippen molar-refractivity contribution < 1.29 is 23.1 Å². The summed E-state index contributed by atoms with van der Waals surface area (Å²) in [6.45, 7) is 4.40. The molecule has 1 fully saturated rings. The van der Waals surface area contributed by atoms with Gasteiger partial charge in [-0.15, -0.1) is 0 Å². The van der Waals surface area contributed by atoms with Gasteiger partial charge in [0.1, 0.15) is 0 Å². The number of rotatable bonds is 9. The first-order chi connectivity index (χ1) is 17.3. The molecule has 0 bridgehead atoms. The Hall–Kier alpha value is -2.62. The molecule has 1 aliphatic rings. The van der Waals surface area contributed by atoms with Crippen LogP contribution in [0.25, 0.3) is 0 Å². The van der Waals surface area contributed by atoms with Crippen molar-refractivity contribution in [1.29, 1.82) is 0 Å². The van der Waals surface area contributed by atoms with E-state index in [0.717, 1.165) is 30.5 Å². The predicted octanol–water partition coefficient (Wildman–Crippen LogP) is 5.78. The third kappa shape index (κ3) is 8.21. The van der Waals surface area contributed by atoms with Crippen molar-refractivity contribution in [3.05, 3.63) is 63.6 Å². The minimum absolute atomic E-state index is 0.0809. The molecule has 0 aromatic heterocycles. The lowest BCUT2D eigenvalue weighted by atomic mass is 9.95. The molecule has 0 aliphatic carbocycles. The maximum atomic E-state index is 13.4. The highest BCUT2D eigenvalue weighted by Gasteiger charge is 2.23. The van der Waals surface area contributed by atoms with E-state index in [9.17, 15) is 18.4 Å². The van der Waals surface area contributed by atoms with E-state index in [2.05, 4.69) is 16.0 Å². The number of nitrogens with zero attached hydrogens (tertiary/aromatic N) is 1. The zero-order valence-corrected chi connectivity index (χ0v) is 21.5. The normalized spacial score (nSPS) is 14.9. The van der Waals surface area contributed by atoms with Gasteiger partial charge in [-0.25, -0.2) is 18.4 Å². The molecule has 0 saturated carbocycles. The van der Waals surface area contributed by atoms with Gasteiger partial charge >= 0.3 is 12.1 Å². The van der Waals surface area contributed by atoms with Crippen molar-refractivity contribution in [1.82, 2.24) is 15.5 Å². The average Bonchev–Trinajstić information content (AvgIpc) is 2.86. The number of halogens is 4. The Morgan fingerprint density at radius 3 is 2.50 bits per heavy atom. The summed E-state index contributed by atoms with van der Waals surface area (Å²) in [4.78, 5) is 26.0. The van der Waals surface area contributed by atoms with Crippen LogP contribution in [0.2, 0.25) is 10.0 Å². The lowest BCUT2D eigenvalue weighted by Gasteiger charge is -2.32. The fraction of sp³-hybridized carbons (Fsp3) is 0.440. The minimum atomic E-state index is -1.04. The molecule has 1 heterocycles. The Morgan fingerprint density at radius 1 is 1.08 bits per heavy atom. The number of ether oxygens (including phenoxy) is 1. The zero-order chi connectivity index (χ0) is 26.1. The average molecular weight is 543 g/mol. The number of carbonyl (C=O) groups is 2. The quantitative estimate of drug-likeness (QED) is 0.375. The summed E-state index contributed by atoms with van der Waals surface area (Å²) in [7, 11) is 0. The second kappa shape index (κ2) is 13.6. The summed E-state index contributed by atoms with van der Waals surface area (Å²) in [5.74, 6) is -2.11. The molecule has 7 nitrogen and oxygen atoms in total. The van der Waals surface area contributed by atoms with Crippen LogP contribution in [0.1, 0.15) is 37.7 Å². The molecule has 1 unspecified atom stereocenters. The first-order valence-corrected chi connectivity index (χ1v) is 12.6. The third-order valence-corrected chi connectivity index (χ3v) is 6.79. The summed E-state index contributed by atoms with van der Waals surface area (Å²) in [6.07, 6.45) is 2.07. The molecule has 0 spiro atoms. The number of amides is 3. The highest BCUT2D eigenvalue weighted by atomic mass is 35.5. The van der Waals surface area contributed by atoms with Gasteiger partial charge in [-0.3, -0.25) is 0 Å². The van der Waals surface area contributed by atoms with Crippen LogP contribution in [0.5, 0.6) is 0 Å². The number of urea groups is 1. The van der Waals surface area contributed by atoms with Gasteiger partial charge < -0.3 is 25.6 Å². The van der Waals surface area contributed by atoms with Gasteiger partial charge in [-0.1, -0.05) is 29.3 Å². The van der Waals surface area contributed by atoms with E-state index in [0.29, 0.717) is 42.7 Å². The van der Waals surface area contributed by atoms with E-state index in [1.54, 1.807) is 24.0 Å². The van der Waals surface area contributed by atoms with Crippen molar-refractivity contribution in [2.75, 3.05) is 38.1 Å². The number of nitrogens with one attached hydrogen (secondary N) is 3. The number of hydrogen-bond donors (Lipinski definition) is 3. The van der Waals surface area contributed by atoms with E-state index < -0.39 is 17.7 Å². The summed E-state index contributed by atoms with van der Waals surface area (Å²) in [5, 5.41) is 9.69. The van der Waals surface area contributed by atoms with Crippen molar-refractivity contribution in [2.24, 2.45) is 0 Å². The lowest BCUT2D eigenvalue weighted by molar-refractivity contribution is 0.0951. The Bertz CT molecular complexity index is 1050. The molecule has 0 radical (unpaired) electrons. The number of benzene rings is 2. The van der Waals surface area contributed by atoms with Crippen LogP contribution in [0.3, 0.4) is 0 Å². The molecule has 3 amide bonds. The van der Waals surface area contributed by atoms with Gasteiger partial charge in [0, 0.05) is 43.3 Å². The summed E-state index contributed by atoms with van der Waals surface area (Å²) in [6, 6.07) is 8.25. The standard InChI is InChI=1S/C25H30Cl2F2N4O3/c1-2-36-25(35)33-11-8-18(9-12-33)30-10-7-17(16-3-5-20(26)21(27)13-16)15-31-24(34)32-19-4-6-22(28)23(29)14-19/h3-6,13-14,17-18,30H,2,7-12,15H2,1H3,(H2,31,32,34). The highest BCUT2D eigenvalue weighted by Crippen LogP contribution is 2.28. The Balaban J connectivity index is 1.53. The Labute approximate surface area is 219 Å². The molecule has 36 heavy (non-hydrogen) atoms. The van der Waals surface area contributed by atoms with E-state index >= 15 is 0 Å². The third-order valence-electron chi connectivity index (χ3n) is 6.05. The highest BCUT2D eigenvalue weighted by molar-refractivity contribution is 6.42. The monoisotopic (exact) mass is 542 g/mol. The number of likely N-dealkylation sites (tertiary alicyclic amines) is 1. The Kier molecular flexibility index (Phi) is 10.6. The van der Waals surface area contributed by atoms with Gasteiger partial charge in [-0.2, -0.15) is 0 Å². The maximum Gasteiger partial charge on any atom is 0.409 e. The lowest BCUT2D eigenvalue weighted by Crippen LogP contribution is -2.45. The van der Waals surface area contributed by atoms with Crippen LogP contribution in [-0.4, -0.2) is 55.9 Å². The van der Waals surface area contributed by atoms with Crippen molar-refractivity contribution in [2.45, 2.75) is 38.1 Å². The van der Waals surface area contributed by atoms with Crippen molar-refractivity contribution >= 4 is 41.0 Å². The molecular weight excluding hydrogens is 513 g/mol. The number of carbonyl (C=O) groups excluding carboxylic acids is 2. The van der Waals surface area contributed by atoms with Gasteiger partial charge in [0.15, 0.2) is 11.6 Å². The molecule has 1 atom stereocenters. The fourth-order valence-corrected chi connectivity index (χ4v) is 4.37. The molecule has 2 aromatic carbocycles. The number of piperidine rings is 1. The van der Waals surface area contributed by atoms with Gasteiger partial charge in [0.2, 0.25) is 0 Å². The first kappa shape index (κ1) is 28.0. The predicted molar refractivity (Wildman–Crippen MR) is 137 cm³/mol. The van der Waals surface area contributed by atoms with Crippen LogP contribution in [0.15, 0.2) is 36.4 Å². The second-order valence-electron chi connectivity index (χ2n) is 8.54. The van der Waals surface area contributed by atoms with Gasteiger partial charge in [0.05, 0.1) is 16.7 Å². The maximum absolute atomic E-state index is 13.4. The van der Waals surface area contributed by atoms with Crippen molar-refractivity contribution in [3.63, 3.8) is 0 Å². The van der Waals surface area contributed by atoms with Crippen molar-refractivity contribution in [3.8, 4) is 0 Å². The van der Waals surface area contributed by atoms with Crippen LogP contribution in [0, 0.1) is 11.6 Å². The molecule has 196 valence electrons. The minimum Gasteiger partial charge on any atom is -0.450 e. The van der Waals surface area contributed by atoms with E-state index in [-0.39, 0.29) is 30.3 Å². The van der Waals surface area contributed by atoms with Gasteiger partial charge in [0.25, 0.3) is 0 Å². The van der Waals surface area contributed by atoms with Crippen LogP contribution < -0.4 is 16.0 Å². The largest absolute Gasteiger partial charge is 0.450 e. The topological polar surface area (TPSA) is 82.7 Å². The van der Waals surface area contributed by atoms with E-state index in [1.807, 2.05) is 6.07 Å². The zero-order valence-electron chi connectivity index (χ0n) is 20.0. The fourth-order valence-electron chi connectivity index (χ4n) is 4.06. The number of hydrogen-bond acceptors (Lipinski definition) is 4. The summed E-state index contributed by atoms with van der Waals surface area (Å²) < 4.78 is 31.6. The van der Waals surface area contributed by atoms with Crippen LogP contribution >= 0.6 is 23.2 Å². The van der Waals surface area contributed by atoms with Gasteiger partial charge in [-0.05, 0) is 62.6 Å². The Morgan fingerprint density at radius 2 is 1.83 bits per heavy atom. The number of anilines is 1. The smallest absolute Gasteiger partial charge is 0.409 e. The van der Waals surface area contributed by atoms with Crippen LogP contribution in [0.4, 0.5) is 24.1 Å². The molecule has 3 rings (SSSR count). The first-order valence-electron chi connectivity index (χ1n) is 11.9. The molecule has 2 aromatic rings. The molecule has 3 N–H and O–H groups in total. The molecule has 11 heteroatoms. The molecule has 1 saturated heterocycles. The van der Waals surface area contributed by atoms with E-state index in [1.165, 1.54) is 6.07 Å². The van der Waals surface area contributed by atoms with E-state index in [4.69, 9.17) is 27.9 Å². The summed E-state index contributed by atoms with van der Waals surface area (Å²) >= 11 is 12.3.